The lowest BCUT2D eigenvalue weighted by molar-refractivity contribution is -0.137. The van der Waals surface area contributed by atoms with Crippen LogP contribution in [0.5, 0.6) is 5.75 Å². The summed E-state index contributed by atoms with van der Waals surface area (Å²) in [5.74, 6) is 0.712. The summed E-state index contributed by atoms with van der Waals surface area (Å²) in [6.07, 6.45) is -3.57. The molecular formula is C21H20ClF3N2O. The Labute approximate surface area is 166 Å². The third-order valence-electron chi connectivity index (χ3n) is 4.21. The van der Waals surface area contributed by atoms with Gasteiger partial charge < -0.3 is 10.1 Å². The van der Waals surface area contributed by atoms with E-state index in [1.807, 2.05) is 38.1 Å². The number of aromatic nitrogens is 1. The van der Waals surface area contributed by atoms with Gasteiger partial charge in [0.05, 0.1) is 17.2 Å². The Kier molecular flexibility index (Phi) is 5.98. The maximum absolute atomic E-state index is 12.9. The van der Waals surface area contributed by atoms with Crippen LogP contribution >= 0.6 is 11.6 Å². The van der Waals surface area contributed by atoms with Gasteiger partial charge in [-0.05, 0) is 43.2 Å². The minimum Gasteiger partial charge on any atom is -0.491 e. The molecule has 28 heavy (non-hydrogen) atoms. The molecule has 0 bridgehead atoms. The highest BCUT2D eigenvalue weighted by Crippen LogP contribution is 2.35. The lowest BCUT2D eigenvalue weighted by Gasteiger charge is -2.14. The predicted octanol–water partition coefficient (Wildman–Crippen LogP) is 6.62. The first-order valence-corrected chi connectivity index (χ1v) is 9.30. The second-order valence-corrected chi connectivity index (χ2v) is 6.88. The normalized spacial score (nSPS) is 11.6. The molecule has 0 aliphatic heterocycles. The van der Waals surface area contributed by atoms with Gasteiger partial charge in [0.2, 0.25) is 0 Å². The number of nitrogens with one attached hydrogen (secondary N) is 1. The number of fused-ring (bicyclic) bond motifs is 1. The number of anilines is 1. The maximum atomic E-state index is 12.9. The lowest BCUT2D eigenvalue weighted by Crippen LogP contribution is -2.07. The Hall–Kier alpha value is -2.47. The van der Waals surface area contributed by atoms with Gasteiger partial charge in [-0.25, -0.2) is 4.98 Å². The zero-order valence-electron chi connectivity index (χ0n) is 15.5. The second-order valence-electron chi connectivity index (χ2n) is 6.48. The molecule has 0 atom stereocenters. The second kappa shape index (κ2) is 8.27. The predicted molar refractivity (Wildman–Crippen MR) is 106 cm³/mol. The summed E-state index contributed by atoms with van der Waals surface area (Å²) in [4.78, 5) is 4.59. The SMILES string of the molecule is CCCOc1cccc2c(NCc3ccc(C(F)(F)F)c(Cl)c3)cc(C)nc12. The third kappa shape index (κ3) is 4.50. The van der Waals surface area contributed by atoms with Gasteiger partial charge in [-0.15, -0.1) is 0 Å². The van der Waals surface area contributed by atoms with Crippen molar-refractivity contribution in [3.8, 4) is 5.75 Å². The van der Waals surface area contributed by atoms with E-state index in [9.17, 15) is 13.2 Å². The summed E-state index contributed by atoms with van der Waals surface area (Å²) >= 11 is 5.81. The van der Waals surface area contributed by atoms with E-state index in [2.05, 4.69) is 10.3 Å². The molecule has 148 valence electrons. The molecular weight excluding hydrogens is 389 g/mol. The molecule has 2 aromatic carbocycles. The molecule has 0 saturated heterocycles. The molecule has 0 saturated carbocycles. The molecule has 1 N–H and O–H groups in total. The van der Waals surface area contributed by atoms with Gasteiger partial charge >= 0.3 is 6.18 Å². The van der Waals surface area contributed by atoms with Gasteiger partial charge in [-0.1, -0.05) is 36.7 Å². The topological polar surface area (TPSA) is 34.1 Å². The van der Waals surface area contributed by atoms with Gasteiger partial charge in [-0.3, -0.25) is 0 Å². The fourth-order valence-electron chi connectivity index (χ4n) is 2.92. The highest BCUT2D eigenvalue weighted by Gasteiger charge is 2.32. The van der Waals surface area contributed by atoms with Gasteiger partial charge in [-0.2, -0.15) is 13.2 Å². The van der Waals surface area contributed by atoms with Gasteiger partial charge in [0.25, 0.3) is 0 Å². The van der Waals surface area contributed by atoms with Crippen LogP contribution in [-0.4, -0.2) is 11.6 Å². The Morgan fingerprint density at radius 1 is 1.14 bits per heavy atom. The molecule has 3 rings (SSSR count). The highest BCUT2D eigenvalue weighted by atomic mass is 35.5. The Morgan fingerprint density at radius 2 is 1.93 bits per heavy atom. The van der Waals surface area contributed by atoms with E-state index in [0.29, 0.717) is 24.5 Å². The number of ether oxygens (including phenoxy) is 1. The van der Waals surface area contributed by atoms with E-state index in [1.54, 1.807) is 0 Å². The monoisotopic (exact) mass is 408 g/mol. The lowest BCUT2D eigenvalue weighted by atomic mass is 10.1. The summed E-state index contributed by atoms with van der Waals surface area (Å²) in [5.41, 5.74) is 2.22. The van der Waals surface area contributed by atoms with Crippen molar-refractivity contribution < 1.29 is 17.9 Å². The fraction of sp³-hybridized carbons (Fsp3) is 0.286. The van der Waals surface area contributed by atoms with Crippen LogP contribution in [0.1, 0.15) is 30.2 Å². The minimum atomic E-state index is -4.46. The Bertz CT molecular complexity index is 989. The van der Waals surface area contributed by atoms with Gasteiger partial charge in [0.15, 0.2) is 0 Å². The van der Waals surface area contributed by atoms with Gasteiger partial charge in [0.1, 0.15) is 11.3 Å². The van der Waals surface area contributed by atoms with Crippen LogP contribution in [0.3, 0.4) is 0 Å². The number of alkyl halides is 3. The van der Waals surface area contributed by atoms with Crippen molar-refractivity contribution in [3.05, 3.63) is 64.3 Å². The van der Waals surface area contributed by atoms with Crippen LogP contribution in [-0.2, 0) is 12.7 Å². The molecule has 0 unspecified atom stereocenters. The average Bonchev–Trinajstić information content (AvgIpc) is 2.63. The van der Waals surface area contributed by atoms with E-state index in [4.69, 9.17) is 16.3 Å². The first kappa shape index (κ1) is 20.3. The highest BCUT2D eigenvalue weighted by molar-refractivity contribution is 6.31. The Balaban J connectivity index is 1.88. The Morgan fingerprint density at radius 3 is 2.61 bits per heavy atom. The van der Waals surface area contributed by atoms with Crippen molar-refractivity contribution in [1.29, 1.82) is 0 Å². The van der Waals surface area contributed by atoms with Crippen LogP contribution in [0, 0.1) is 6.92 Å². The van der Waals surface area contributed by atoms with E-state index in [1.165, 1.54) is 12.1 Å². The van der Waals surface area contributed by atoms with Crippen LogP contribution < -0.4 is 10.1 Å². The molecule has 1 aromatic heterocycles. The molecule has 0 spiro atoms. The summed E-state index contributed by atoms with van der Waals surface area (Å²) in [6, 6.07) is 11.4. The summed E-state index contributed by atoms with van der Waals surface area (Å²) in [5, 5.41) is 3.86. The number of nitrogens with zero attached hydrogens (tertiary/aromatic N) is 1. The quantitative estimate of drug-likeness (QED) is 0.498. The first-order chi connectivity index (χ1) is 13.3. The molecule has 7 heteroatoms. The first-order valence-electron chi connectivity index (χ1n) is 8.92. The molecule has 1 heterocycles. The van der Waals surface area contributed by atoms with Crippen LogP contribution in [0.2, 0.25) is 5.02 Å². The van der Waals surface area contributed by atoms with Crippen LogP contribution in [0.15, 0.2) is 42.5 Å². The minimum absolute atomic E-state index is 0.308. The summed E-state index contributed by atoms with van der Waals surface area (Å²) in [7, 11) is 0. The van der Waals surface area contributed by atoms with Crippen molar-refractivity contribution in [2.45, 2.75) is 33.0 Å². The van der Waals surface area contributed by atoms with Gasteiger partial charge in [0, 0.05) is 23.3 Å². The van der Waals surface area contributed by atoms with Crippen LogP contribution in [0.4, 0.5) is 18.9 Å². The van der Waals surface area contributed by atoms with Crippen LogP contribution in [0.25, 0.3) is 10.9 Å². The zero-order chi connectivity index (χ0) is 20.3. The van der Waals surface area contributed by atoms with Crippen molar-refractivity contribution >= 4 is 28.2 Å². The third-order valence-corrected chi connectivity index (χ3v) is 4.53. The molecule has 0 aliphatic rings. The maximum Gasteiger partial charge on any atom is 0.417 e. The number of aryl methyl sites for hydroxylation is 1. The standard InChI is InChI=1S/C21H20ClF3N2O/c1-3-9-28-19-6-4-5-15-18(10-13(2)27-20(15)19)26-12-14-7-8-16(17(22)11-14)21(23,24)25/h4-8,10-11H,3,9,12H2,1-2H3,(H,26,27). The largest absolute Gasteiger partial charge is 0.491 e. The number of halogens is 4. The number of hydrogen-bond acceptors (Lipinski definition) is 3. The van der Waals surface area contributed by atoms with Crippen molar-refractivity contribution in [2.75, 3.05) is 11.9 Å². The van der Waals surface area contributed by atoms with Crippen molar-refractivity contribution in [1.82, 2.24) is 4.98 Å². The molecule has 0 amide bonds. The van der Waals surface area contributed by atoms with Crippen molar-refractivity contribution in [2.24, 2.45) is 0 Å². The molecule has 0 aliphatic carbocycles. The molecule has 0 fully saturated rings. The molecule has 3 nitrogen and oxygen atoms in total. The average molecular weight is 409 g/mol. The van der Waals surface area contributed by atoms with E-state index in [-0.39, 0.29) is 5.02 Å². The van der Waals surface area contributed by atoms with Crippen molar-refractivity contribution in [3.63, 3.8) is 0 Å². The van der Waals surface area contributed by atoms with E-state index >= 15 is 0 Å². The van der Waals surface area contributed by atoms with E-state index in [0.717, 1.165) is 34.8 Å². The number of rotatable bonds is 6. The smallest absolute Gasteiger partial charge is 0.417 e. The number of hydrogen-bond donors (Lipinski definition) is 1. The van der Waals surface area contributed by atoms with E-state index < -0.39 is 11.7 Å². The summed E-state index contributed by atoms with van der Waals surface area (Å²) < 4.78 is 44.4. The summed E-state index contributed by atoms with van der Waals surface area (Å²) in [6.45, 7) is 4.85. The number of pyridine rings is 1. The molecule has 3 aromatic rings. The fourth-order valence-corrected chi connectivity index (χ4v) is 3.23. The number of para-hydroxylation sites is 1. The number of benzene rings is 2. The zero-order valence-corrected chi connectivity index (χ0v) is 16.3. The molecule has 0 radical (unpaired) electrons.